The molecule has 0 aliphatic carbocycles. The van der Waals surface area contributed by atoms with Crippen LogP contribution >= 0.6 is 0 Å². The SMILES string of the molecule is CC(C)C(=O)N1CCC(c2cncc3cnc4[nH]ccc4c23)C1. The van der Waals surface area contributed by atoms with Crippen molar-refractivity contribution in [2.24, 2.45) is 5.92 Å². The van der Waals surface area contributed by atoms with E-state index in [4.69, 9.17) is 0 Å². The van der Waals surface area contributed by atoms with Crippen LogP contribution in [-0.2, 0) is 4.79 Å². The normalized spacial score (nSPS) is 18.4. The van der Waals surface area contributed by atoms with Gasteiger partial charge in [0.2, 0.25) is 5.91 Å². The molecule has 4 heterocycles. The summed E-state index contributed by atoms with van der Waals surface area (Å²) >= 11 is 0. The van der Waals surface area contributed by atoms with E-state index in [0.29, 0.717) is 5.92 Å². The number of amides is 1. The Kier molecular flexibility index (Phi) is 3.29. The Morgan fingerprint density at radius 1 is 1.35 bits per heavy atom. The average Bonchev–Trinajstić information content (AvgIpc) is 3.22. The number of aromatic amines is 1. The van der Waals surface area contributed by atoms with Crippen LogP contribution in [0.25, 0.3) is 21.8 Å². The maximum absolute atomic E-state index is 12.3. The van der Waals surface area contributed by atoms with Crippen LogP contribution in [0.1, 0.15) is 31.7 Å². The van der Waals surface area contributed by atoms with Gasteiger partial charge in [-0.25, -0.2) is 4.98 Å². The van der Waals surface area contributed by atoms with E-state index in [1.165, 1.54) is 10.9 Å². The fourth-order valence-corrected chi connectivity index (χ4v) is 3.59. The molecular formula is C18H20N4O. The highest BCUT2D eigenvalue weighted by Crippen LogP contribution is 2.35. The molecule has 3 aromatic heterocycles. The second kappa shape index (κ2) is 5.33. The molecule has 1 unspecified atom stereocenters. The number of H-pyrrole nitrogens is 1. The molecule has 0 radical (unpaired) electrons. The van der Waals surface area contributed by atoms with E-state index in [2.05, 4.69) is 21.0 Å². The summed E-state index contributed by atoms with van der Waals surface area (Å²) in [4.78, 5) is 26.3. The summed E-state index contributed by atoms with van der Waals surface area (Å²) in [6.07, 6.45) is 8.61. The Hall–Kier alpha value is -2.43. The standard InChI is InChI=1S/C18H20N4O/c1-11(2)18(23)22-6-4-12(10-22)15-9-19-7-13-8-21-17-14(16(13)15)3-5-20-17/h3,5,7-9,11-12H,4,6,10H2,1-2H3,(H,20,21). The number of rotatable bonds is 2. The summed E-state index contributed by atoms with van der Waals surface area (Å²) in [6, 6.07) is 2.07. The second-order valence-corrected chi connectivity index (χ2v) is 6.62. The summed E-state index contributed by atoms with van der Waals surface area (Å²) in [5.41, 5.74) is 2.13. The zero-order chi connectivity index (χ0) is 16.0. The first-order valence-electron chi connectivity index (χ1n) is 8.13. The minimum Gasteiger partial charge on any atom is -0.346 e. The number of likely N-dealkylation sites (tertiary alicyclic amines) is 1. The largest absolute Gasteiger partial charge is 0.346 e. The number of carbonyl (C=O) groups is 1. The first kappa shape index (κ1) is 14.2. The summed E-state index contributed by atoms with van der Waals surface area (Å²) in [5.74, 6) is 0.642. The van der Waals surface area contributed by atoms with E-state index in [0.717, 1.165) is 35.9 Å². The van der Waals surface area contributed by atoms with Gasteiger partial charge in [0.1, 0.15) is 5.65 Å². The molecule has 23 heavy (non-hydrogen) atoms. The Balaban J connectivity index is 1.78. The van der Waals surface area contributed by atoms with Gasteiger partial charge < -0.3 is 9.88 Å². The van der Waals surface area contributed by atoms with E-state index >= 15 is 0 Å². The van der Waals surface area contributed by atoms with Crippen molar-refractivity contribution in [2.75, 3.05) is 13.1 Å². The van der Waals surface area contributed by atoms with Gasteiger partial charge >= 0.3 is 0 Å². The molecule has 1 aliphatic heterocycles. The molecule has 5 heteroatoms. The van der Waals surface area contributed by atoms with Crippen molar-refractivity contribution in [3.8, 4) is 0 Å². The number of aromatic nitrogens is 3. The average molecular weight is 308 g/mol. The van der Waals surface area contributed by atoms with Crippen LogP contribution in [0.4, 0.5) is 0 Å². The van der Waals surface area contributed by atoms with E-state index in [1.807, 2.05) is 43.5 Å². The van der Waals surface area contributed by atoms with Gasteiger partial charge in [0, 0.05) is 65.9 Å². The van der Waals surface area contributed by atoms with Gasteiger partial charge in [-0.15, -0.1) is 0 Å². The van der Waals surface area contributed by atoms with Crippen molar-refractivity contribution < 1.29 is 4.79 Å². The number of nitrogens with one attached hydrogen (secondary N) is 1. The molecule has 3 aromatic rings. The van der Waals surface area contributed by atoms with Crippen LogP contribution < -0.4 is 0 Å². The molecule has 0 bridgehead atoms. The fraction of sp³-hybridized carbons (Fsp3) is 0.389. The molecule has 1 atom stereocenters. The molecule has 1 saturated heterocycles. The van der Waals surface area contributed by atoms with Crippen LogP contribution in [0.3, 0.4) is 0 Å². The third-order valence-corrected chi connectivity index (χ3v) is 4.77. The lowest BCUT2D eigenvalue weighted by Crippen LogP contribution is -2.31. The van der Waals surface area contributed by atoms with Crippen molar-refractivity contribution in [3.63, 3.8) is 0 Å². The zero-order valence-electron chi connectivity index (χ0n) is 13.4. The molecule has 1 aliphatic rings. The van der Waals surface area contributed by atoms with Crippen LogP contribution in [0.5, 0.6) is 0 Å². The Labute approximate surface area is 134 Å². The summed E-state index contributed by atoms with van der Waals surface area (Å²) in [5, 5.41) is 3.41. The third-order valence-electron chi connectivity index (χ3n) is 4.77. The van der Waals surface area contributed by atoms with Gasteiger partial charge in [0.25, 0.3) is 0 Å². The summed E-state index contributed by atoms with van der Waals surface area (Å²) in [6.45, 7) is 5.54. The predicted octanol–water partition coefficient (Wildman–Crippen LogP) is 3.08. The van der Waals surface area contributed by atoms with Crippen molar-refractivity contribution in [2.45, 2.75) is 26.2 Å². The third kappa shape index (κ3) is 2.27. The number of fused-ring (bicyclic) bond motifs is 3. The molecule has 0 aromatic carbocycles. The van der Waals surface area contributed by atoms with Crippen molar-refractivity contribution in [1.82, 2.24) is 19.9 Å². The molecule has 1 amide bonds. The van der Waals surface area contributed by atoms with Crippen LogP contribution in [-0.4, -0.2) is 38.8 Å². The molecular weight excluding hydrogens is 288 g/mol. The smallest absolute Gasteiger partial charge is 0.225 e. The van der Waals surface area contributed by atoms with Crippen molar-refractivity contribution in [3.05, 3.63) is 36.4 Å². The fourth-order valence-electron chi connectivity index (χ4n) is 3.59. The van der Waals surface area contributed by atoms with Gasteiger partial charge in [-0.05, 0) is 18.1 Å². The minimum absolute atomic E-state index is 0.0555. The predicted molar refractivity (Wildman–Crippen MR) is 90.2 cm³/mol. The molecule has 1 fully saturated rings. The van der Waals surface area contributed by atoms with Gasteiger partial charge in [-0.1, -0.05) is 13.8 Å². The molecule has 4 rings (SSSR count). The monoisotopic (exact) mass is 308 g/mol. The number of hydrogen-bond acceptors (Lipinski definition) is 3. The highest BCUT2D eigenvalue weighted by Gasteiger charge is 2.30. The molecule has 1 N–H and O–H groups in total. The first-order chi connectivity index (χ1) is 11.1. The number of hydrogen-bond donors (Lipinski definition) is 1. The molecule has 0 saturated carbocycles. The topological polar surface area (TPSA) is 61.9 Å². The number of nitrogens with zero attached hydrogens (tertiary/aromatic N) is 3. The van der Waals surface area contributed by atoms with E-state index in [9.17, 15) is 4.79 Å². The lowest BCUT2D eigenvalue weighted by molar-refractivity contribution is -0.133. The molecule has 118 valence electrons. The van der Waals surface area contributed by atoms with Crippen LogP contribution in [0, 0.1) is 5.92 Å². The van der Waals surface area contributed by atoms with E-state index in [1.54, 1.807) is 0 Å². The van der Waals surface area contributed by atoms with E-state index in [-0.39, 0.29) is 11.8 Å². The Morgan fingerprint density at radius 3 is 3.04 bits per heavy atom. The van der Waals surface area contributed by atoms with Gasteiger partial charge in [0.05, 0.1) is 0 Å². The van der Waals surface area contributed by atoms with Gasteiger partial charge in [-0.3, -0.25) is 9.78 Å². The minimum atomic E-state index is 0.0555. The number of carbonyl (C=O) groups excluding carboxylic acids is 1. The summed E-state index contributed by atoms with van der Waals surface area (Å²) in [7, 11) is 0. The van der Waals surface area contributed by atoms with Gasteiger partial charge in [-0.2, -0.15) is 0 Å². The van der Waals surface area contributed by atoms with Crippen LogP contribution in [0.15, 0.2) is 30.9 Å². The lowest BCUT2D eigenvalue weighted by Gasteiger charge is -2.19. The molecule has 0 spiro atoms. The molecule has 5 nitrogen and oxygen atoms in total. The van der Waals surface area contributed by atoms with Crippen molar-refractivity contribution in [1.29, 1.82) is 0 Å². The maximum atomic E-state index is 12.3. The lowest BCUT2D eigenvalue weighted by atomic mass is 9.94. The Bertz CT molecular complexity index is 883. The first-order valence-corrected chi connectivity index (χ1v) is 8.13. The second-order valence-electron chi connectivity index (χ2n) is 6.62. The van der Waals surface area contributed by atoms with Crippen LogP contribution in [0.2, 0.25) is 0 Å². The Morgan fingerprint density at radius 2 is 2.22 bits per heavy atom. The quantitative estimate of drug-likeness (QED) is 0.791. The van der Waals surface area contributed by atoms with E-state index < -0.39 is 0 Å². The number of pyridine rings is 2. The zero-order valence-corrected chi connectivity index (χ0v) is 13.4. The summed E-state index contributed by atoms with van der Waals surface area (Å²) < 4.78 is 0. The highest BCUT2D eigenvalue weighted by molar-refractivity contribution is 6.06. The highest BCUT2D eigenvalue weighted by atomic mass is 16.2. The van der Waals surface area contributed by atoms with Gasteiger partial charge in [0.15, 0.2) is 0 Å². The maximum Gasteiger partial charge on any atom is 0.225 e. The van der Waals surface area contributed by atoms with Crippen molar-refractivity contribution >= 4 is 27.7 Å².